The first-order valence-electron chi connectivity index (χ1n) is 4.92. The van der Waals surface area contributed by atoms with Crippen LogP contribution in [0, 0.1) is 0 Å². The molecule has 0 atom stereocenters. The zero-order valence-corrected chi connectivity index (χ0v) is 16.3. The molecule has 0 aliphatic rings. The van der Waals surface area contributed by atoms with E-state index in [0.717, 1.165) is 27.7 Å². The summed E-state index contributed by atoms with van der Waals surface area (Å²) in [7, 11) is 0. The maximum absolute atomic E-state index is 9.51. The van der Waals surface area contributed by atoms with Gasteiger partial charge in [0.15, 0.2) is 0 Å². The number of halogens is 4. The molecule has 0 fully saturated rings. The minimum absolute atomic E-state index is 0.187. The molecule has 0 saturated heterocycles. The number of hydrogen-bond donors (Lipinski definition) is 2. The summed E-state index contributed by atoms with van der Waals surface area (Å²) in [6.45, 7) is 0. The van der Waals surface area contributed by atoms with Crippen LogP contribution in [0.25, 0.3) is 0 Å². The van der Waals surface area contributed by atoms with E-state index in [1.807, 2.05) is 0 Å². The lowest BCUT2D eigenvalue weighted by molar-refractivity contribution is 0.473. The van der Waals surface area contributed by atoms with Crippen molar-refractivity contribution in [3.63, 3.8) is 0 Å². The fourth-order valence-electron chi connectivity index (χ4n) is 1.39. The smallest absolute Gasteiger partial charge is 0.117 e. The van der Waals surface area contributed by atoms with E-state index in [1.54, 1.807) is 24.3 Å². The first-order chi connectivity index (χ1) is 8.88. The number of benzene rings is 2. The Labute approximate surface area is 148 Å². The van der Waals surface area contributed by atoms with Crippen LogP contribution < -0.4 is 0 Å². The van der Waals surface area contributed by atoms with Gasteiger partial charge in [-0.05, 0) is 88.0 Å². The summed E-state index contributed by atoms with van der Waals surface area (Å²) >= 11 is 15.2. The molecule has 2 N–H and O–H groups in total. The number of phenols is 2. The zero-order valence-electron chi connectivity index (χ0n) is 9.12. The summed E-state index contributed by atoms with van der Waals surface area (Å²) in [5, 5.41) is 19.0. The van der Waals surface area contributed by atoms with Gasteiger partial charge in [0.25, 0.3) is 0 Å². The molecule has 0 aromatic heterocycles. The van der Waals surface area contributed by atoms with Crippen LogP contribution >= 0.6 is 75.5 Å². The van der Waals surface area contributed by atoms with E-state index < -0.39 is 0 Å². The van der Waals surface area contributed by atoms with Gasteiger partial charge in [-0.1, -0.05) is 11.8 Å². The summed E-state index contributed by atoms with van der Waals surface area (Å²) in [4.78, 5) is 1.87. The molecule has 0 heterocycles. The SMILES string of the molecule is Oc1cc(Br)c(Sc2c(Br)cc(O)cc2Br)c(Br)c1. The maximum Gasteiger partial charge on any atom is 0.117 e. The van der Waals surface area contributed by atoms with Crippen LogP contribution in [0.15, 0.2) is 51.9 Å². The Kier molecular flexibility index (Phi) is 5.28. The fraction of sp³-hybridized carbons (Fsp3) is 0. The first-order valence-corrected chi connectivity index (χ1v) is 8.91. The van der Waals surface area contributed by atoms with Crippen molar-refractivity contribution in [2.75, 3.05) is 0 Å². The highest BCUT2D eigenvalue weighted by atomic mass is 79.9. The average Bonchev–Trinajstić information content (AvgIpc) is 2.25. The van der Waals surface area contributed by atoms with Gasteiger partial charge in [0.05, 0.1) is 0 Å². The largest absolute Gasteiger partial charge is 0.508 e. The fourth-order valence-corrected chi connectivity index (χ4v) is 5.52. The molecule has 2 nitrogen and oxygen atoms in total. The van der Waals surface area contributed by atoms with Gasteiger partial charge in [-0.2, -0.15) is 0 Å². The third kappa shape index (κ3) is 3.69. The van der Waals surface area contributed by atoms with E-state index in [-0.39, 0.29) is 11.5 Å². The second kappa shape index (κ2) is 6.39. The molecule has 0 saturated carbocycles. The lowest BCUT2D eigenvalue weighted by Gasteiger charge is -2.11. The monoisotopic (exact) mass is 530 g/mol. The van der Waals surface area contributed by atoms with Crippen LogP contribution in [0.3, 0.4) is 0 Å². The zero-order chi connectivity index (χ0) is 14.2. The van der Waals surface area contributed by atoms with E-state index in [1.165, 1.54) is 11.8 Å². The summed E-state index contributed by atoms with van der Waals surface area (Å²) in [5.41, 5.74) is 0. The van der Waals surface area contributed by atoms with Crippen LogP contribution in [0.5, 0.6) is 11.5 Å². The second-order valence-corrected chi connectivity index (χ2v) is 8.02. The molecule has 2 aromatic carbocycles. The molecule has 0 amide bonds. The summed E-state index contributed by atoms with van der Waals surface area (Å²) in [6.07, 6.45) is 0. The molecule has 2 aromatic rings. The standard InChI is InChI=1S/C12H6Br4O2S/c13-7-1-5(17)2-8(14)11(7)19-12-9(15)3-6(18)4-10(12)16/h1-4,17-18H. The number of rotatable bonds is 2. The Balaban J connectivity index is 2.48. The molecule has 100 valence electrons. The molecule has 0 spiro atoms. The van der Waals surface area contributed by atoms with Crippen molar-refractivity contribution in [2.24, 2.45) is 0 Å². The topological polar surface area (TPSA) is 40.5 Å². The van der Waals surface area contributed by atoms with Crippen molar-refractivity contribution in [3.8, 4) is 11.5 Å². The van der Waals surface area contributed by atoms with Gasteiger partial charge in [0.1, 0.15) is 11.5 Å². The number of hydrogen-bond acceptors (Lipinski definition) is 3. The van der Waals surface area contributed by atoms with Crippen molar-refractivity contribution in [3.05, 3.63) is 42.2 Å². The van der Waals surface area contributed by atoms with Gasteiger partial charge < -0.3 is 10.2 Å². The normalized spacial score (nSPS) is 10.7. The Morgan fingerprint density at radius 3 is 1.16 bits per heavy atom. The van der Waals surface area contributed by atoms with Crippen LogP contribution in [0.1, 0.15) is 0 Å². The lowest BCUT2D eigenvalue weighted by atomic mass is 10.3. The minimum atomic E-state index is 0.187. The summed E-state index contributed by atoms with van der Waals surface area (Å²) in [6, 6.07) is 6.54. The Morgan fingerprint density at radius 2 is 0.895 bits per heavy atom. The maximum atomic E-state index is 9.51. The van der Waals surface area contributed by atoms with Crippen LogP contribution in [-0.2, 0) is 0 Å². The van der Waals surface area contributed by atoms with E-state index in [2.05, 4.69) is 63.7 Å². The number of phenolic OH excluding ortho intramolecular Hbond substituents is 2. The predicted molar refractivity (Wildman–Crippen MR) is 91.1 cm³/mol. The Bertz CT molecular complexity index is 544. The van der Waals surface area contributed by atoms with Gasteiger partial charge in [0.2, 0.25) is 0 Å². The van der Waals surface area contributed by atoms with Gasteiger partial charge >= 0.3 is 0 Å². The molecule has 7 heteroatoms. The average molecular weight is 534 g/mol. The van der Waals surface area contributed by atoms with Gasteiger partial charge in [-0.15, -0.1) is 0 Å². The van der Waals surface area contributed by atoms with Crippen molar-refractivity contribution in [2.45, 2.75) is 9.79 Å². The molecule has 0 unspecified atom stereocenters. The van der Waals surface area contributed by atoms with E-state index in [4.69, 9.17) is 0 Å². The van der Waals surface area contributed by atoms with E-state index in [9.17, 15) is 10.2 Å². The first kappa shape index (κ1) is 15.7. The van der Waals surface area contributed by atoms with Gasteiger partial charge in [-0.25, -0.2) is 0 Å². The third-order valence-electron chi connectivity index (χ3n) is 2.17. The van der Waals surface area contributed by atoms with Crippen LogP contribution in [0.2, 0.25) is 0 Å². The van der Waals surface area contributed by atoms with Gasteiger partial charge in [-0.3, -0.25) is 0 Å². The van der Waals surface area contributed by atoms with E-state index >= 15 is 0 Å². The van der Waals surface area contributed by atoms with Crippen molar-refractivity contribution >= 4 is 75.5 Å². The minimum Gasteiger partial charge on any atom is -0.508 e. The van der Waals surface area contributed by atoms with Crippen molar-refractivity contribution in [1.29, 1.82) is 0 Å². The molecular weight excluding hydrogens is 528 g/mol. The highest BCUT2D eigenvalue weighted by molar-refractivity contribution is 9.11. The quantitative estimate of drug-likeness (QED) is 0.476. The molecule has 0 aliphatic carbocycles. The predicted octanol–water partition coefficient (Wildman–Crippen LogP) is 6.30. The highest BCUT2D eigenvalue weighted by Gasteiger charge is 2.14. The highest BCUT2D eigenvalue weighted by Crippen LogP contribution is 2.46. The Hall–Kier alpha value is 0.310. The molecule has 2 rings (SSSR count). The van der Waals surface area contributed by atoms with Crippen LogP contribution in [-0.4, -0.2) is 10.2 Å². The number of aromatic hydroxyl groups is 2. The summed E-state index contributed by atoms with van der Waals surface area (Å²) < 4.78 is 3.15. The van der Waals surface area contributed by atoms with Crippen molar-refractivity contribution < 1.29 is 10.2 Å². The molecule has 0 bridgehead atoms. The molecular formula is C12H6Br4O2S. The molecule has 19 heavy (non-hydrogen) atoms. The second-order valence-electron chi connectivity index (χ2n) is 3.58. The lowest BCUT2D eigenvalue weighted by Crippen LogP contribution is -1.83. The van der Waals surface area contributed by atoms with E-state index in [0.29, 0.717) is 0 Å². The van der Waals surface area contributed by atoms with Crippen LogP contribution in [0.4, 0.5) is 0 Å². The van der Waals surface area contributed by atoms with Gasteiger partial charge in [0, 0.05) is 27.7 Å². The summed E-state index contributed by atoms with van der Waals surface area (Å²) in [5.74, 6) is 0.374. The van der Waals surface area contributed by atoms with Crippen molar-refractivity contribution in [1.82, 2.24) is 0 Å². The molecule has 0 radical (unpaired) electrons. The third-order valence-corrected chi connectivity index (χ3v) is 7.01. The molecule has 0 aliphatic heterocycles. The Morgan fingerprint density at radius 1 is 0.632 bits per heavy atom.